The summed E-state index contributed by atoms with van der Waals surface area (Å²) in [6.45, 7) is 6.68. The molecule has 3 nitrogen and oxygen atoms in total. The molecule has 0 saturated carbocycles. The summed E-state index contributed by atoms with van der Waals surface area (Å²) >= 11 is 1.55. The van der Waals surface area contributed by atoms with Gasteiger partial charge in [-0.3, -0.25) is 0 Å². The molecule has 0 atom stereocenters. The van der Waals surface area contributed by atoms with E-state index in [4.69, 9.17) is 10.5 Å². The van der Waals surface area contributed by atoms with Crippen molar-refractivity contribution in [2.24, 2.45) is 0 Å². The number of hydrogen-bond acceptors (Lipinski definition) is 4. The third kappa shape index (κ3) is 3.44. The first-order valence-corrected chi connectivity index (χ1v) is 6.87. The SMILES string of the molecule is CC(C)(C)c1csc(COc2ccc(N)c(F)c2)n1. The van der Waals surface area contributed by atoms with Crippen LogP contribution in [0.5, 0.6) is 5.75 Å². The van der Waals surface area contributed by atoms with E-state index in [1.165, 1.54) is 12.1 Å². The number of nitrogen functional groups attached to an aromatic ring is 1. The maximum absolute atomic E-state index is 13.2. The maximum atomic E-state index is 13.2. The molecule has 0 aliphatic rings. The average molecular weight is 280 g/mol. The number of hydrogen-bond donors (Lipinski definition) is 1. The summed E-state index contributed by atoms with van der Waals surface area (Å²) in [5, 5.41) is 2.91. The highest BCUT2D eigenvalue weighted by molar-refractivity contribution is 7.09. The molecule has 2 rings (SSSR count). The van der Waals surface area contributed by atoms with Crippen LogP contribution in [0.15, 0.2) is 23.6 Å². The van der Waals surface area contributed by atoms with Crippen molar-refractivity contribution in [2.45, 2.75) is 32.8 Å². The van der Waals surface area contributed by atoms with Crippen molar-refractivity contribution < 1.29 is 9.13 Å². The van der Waals surface area contributed by atoms with E-state index >= 15 is 0 Å². The summed E-state index contributed by atoms with van der Waals surface area (Å²) in [7, 11) is 0. The van der Waals surface area contributed by atoms with Crippen LogP contribution in [0.2, 0.25) is 0 Å². The van der Waals surface area contributed by atoms with Gasteiger partial charge in [-0.2, -0.15) is 0 Å². The van der Waals surface area contributed by atoms with Crippen molar-refractivity contribution in [1.29, 1.82) is 0 Å². The molecule has 0 bridgehead atoms. The van der Waals surface area contributed by atoms with Gasteiger partial charge in [-0.15, -0.1) is 11.3 Å². The van der Waals surface area contributed by atoms with Crippen LogP contribution in [0, 0.1) is 5.82 Å². The summed E-state index contributed by atoms with van der Waals surface area (Å²) in [5.74, 6) is -0.00812. The second kappa shape index (κ2) is 5.17. The zero-order valence-corrected chi connectivity index (χ0v) is 12.1. The van der Waals surface area contributed by atoms with E-state index in [0.717, 1.165) is 10.7 Å². The first-order chi connectivity index (χ1) is 8.86. The fraction of sp³-hybridized carbons (Fsp3) is 0.357. The van der Waals surface area contributed by atoms with Gasteiger partial charge >= 0.3 is 0 Å². The maximum Gasteiger partial charge on any atom is 0.149 e. The standard InChI is InChI=1S/C14H17FN2OS/c1-14(2,3)12-8-19-13(17-12)7-18-9-4-5-11(16)10(15)6-9/h4-6,8H,7,16H2,1-3H3. The molecule has 0 saturated heterocycles. The van der Waals surface area contributed by atoms with Crippen LogP contribution in [-0.4, -0.2) is 4.98 Å². The smallest absolute Gasteiger partial charge is 0.149 e. The molecular formula is C14H17FN2OS. The third-order valence-electron chi connectivity index (χ3n) is 2.65. The van der Waals surface area contributed by atoms with Crippen LogP contribution in [0.25, 0.3) is 0 Å². The second-order valence-corrected chi connectivity index (χ2v) is 6.29. The van der Waals surface area contributed by atoms with Crippen molar-refractivity contribution in [3.8, 4) is 5.75 Å². The summed E-state index contributed by atoms with van der Waals surface area (Å²) in [6.07, 6.45) is 0. The lowest BCUT2D eigenvalue weighted by Crippen LogP contribution is -2.11. The quantitative estimate of drug-likeness (QED) is 0.871. The molecule has 0 unspecified atom stereocenters. The van der Waals surface area contributed by atoms with Gasteiger partial charge < -0.3 is 10.5 Å². The van der Waals surface area contributed by atoms with Crippen LogP contribution < -0.4 is 10.5 Å². The number of thiazole rings is 1. The predicted molar refractivity (Wildman–Crippen MR) is 76.0 cm³/mol. The molecule has 2 N–H and O–H groups in total. The van der Waals surface area contributed by atoms with E-state index in [1.54, 1.807) is 17.4 Å². The van der Waals surface area contributed by atoms with E-state index in [9.17, 15) is 4.39 Å². The van der Waals surface area contributed by atoms with E-state index in [2.05, 4.69) is 25.8 Å². The molecule has 2 aromatic rings. The van der Waals surface area contributed by atoms with Crippen molar-refractivity contribution in [2.75, 3.05) is 5.73 Å². The Labute approximate surface area is 116 Å². The van der Waals surface area contributed by atoms with Crippen LogP contribution in [0.1, 0.15) is 31.5 Å². The highest BCUT2D eigenvalue weighted by Crippen LogP contribution is 2.25. The Kier molecular flexibility index (Phi) is 3.75. The second-order valence-electron chi connectivity index (χ2n) is 5.35. The van der Waals surface area contributed by atoms with Gasteiger partial charge in [0.1, 0.15) is 23.2 Å². The average Bonchev–Trinajstić information content (AvgIpc) is 2.79. The molecule has 1 heterocycles. The fourth-order valence-corrected chi connectivity index (χ4v) is 2.40. The zero-order chi connectivity index (χ0) is 14.0. The molecule has 0 spiro atoms. The fourth-order valence-electron chi connectivity index (χ4n) is 1.46. The van der Waals surface area contributed by atoms with Crippen molar-refractivity contribution >= 4 is 17.0 Å². The summed E-state index contributed by atoms with van der Waals surface area (Å²) in [5.41, 5.74) is 6.60. The minimum Gasteiger partial charge on any atom is -0.486 e. The number of nitrogens with two attached hydrogens (primary N) is 1. The molecule has 0 aliphatic heterocycles. The van der Waals surface area contributed by atoms with Crippen LogP contribution >= 0.6 is 11.3 Å². The van der Waals surface area contributed by atoms with Gasteiger partial charge in [0.15, 0.2) is 0 Å². The van der Waals surface area contributed by atoms with E-state index in [0.29, 0.717) is 12.4 Å². The molecule has 0 aliphatic carbocycles. The highest BCUT2D eigenvalue weighted by Gasteiger charge is 2.17. The Bertz CT molecular complexity index is 575. The van der Waals surface area contributed by atoms with Gasteiger partial charge in [0.05, 0.1) is 11.4 Å². The Morgan fingerprint density at radius 2 is 2.11 bits per heavy atom. The molecule has 19 heavy (non-hydrogen) atoms. The van der Waals surface area contributed by atoms with Crippen molar-refractivity contribution in [3.05, 3.63) is 40.1 Å². The molecule has 1 aromatic heterocycles. The summed E-state index contributed by atoms with van der Waals surface area (Å²) < 4.78 is 18.8. The molecular weight excluding hydrogens is 263 g/mol. The molecule has 5 heteroatoms. The number of anilines is 1. The van der Waals surface area contributed by atoms with Crippen molar-refractivity contribution in [1.82, 2.24) is 4.98 Å². The van der Waals surface area contributed by atoms with Crippen molar-refractivity contribution in [3.63, 3.8) is 0 Å². The van der Waals surface area contributed by atoms with E-state index in [1.807, 2.05) is 5.38 Å². The number of nitrogens with zero attached hydrogens (tertiary/aromatic N) is 1. The normalized spacial score (nSPS) is 11.6. The molecule has 0 fully saturated rings. The van der Waals surface area contributed by atoms with E-state index in [-0.39, 0.29) is 11.1 Å². The lowest BCUT2D eigenvalue weighted by Gasteiger charge is -2.14. The summed E-state index contributed by atoms with van der Waals surface area (Å²) in [4.78, 5) is 4.51. The van der Waals surface area contributed by atoms with Crippen LogP contribution in [0.3, 0.4) is 0 Å². The largest absolute Gasteiger partial charge is 0.486 e. The van der Waals surface area contributed by atoms with Gasteiger partial charge in [0.25, 0.3) is 0 Å². The molecule has 0 amide bonds. The van der Waals surface area contributed by atoms with Crippen LogP contribution in [0.4, 0.5) is 10.1 Å². The Balaban J connectivity index is 2.02. The van der Waals surface area contributed by atoms with E-state index < -0.39 is 5.82 Å². The number of benzene rings is 1. The first kappa shape index (κ1) is 13.8. The minimum absolute atomic E-state index is 0.0298. The number of rotatable bonds is 3. The third-order valence-corrected chi connectivity index (χ3v) is 3.48. The number of ether oxygens (including phenoxy) is 1. The molecule has 1 aromatic carbocycles. The Hall–Kier alpha value is -1.62. The minimum atomic E-state index is -0.466. The Morgan fingerprint density at radius 1 is 1.37 bits per heavy atom. The lowest BCUT2D eigenvalue weighted by atomic mass is 9.93. The van der Waals surface area contributed by atoms with Gasteiger partial charge in [-0.1, -0.05) is 20.8 Å². The molecule has 102 valence electrons. The number of halogens is 1. The van der Waals surface area contributed by atoms with Gasteiger partial charge in [-0.05, 0) is 12.1 Å². The highest BCUT2D eigenvalue weighted by atomic mass is 32.1. The van der Waals surface area contributed by atoms with Gasteiger partial charge in [0, 0.05) is 16.9 Å². The topological polar surface area (TPSA) is 48.1 Å². The Morgan fingerprint density at radius 3 is 2.68 bits per heavy atom. The van der Waals surface area contributed by atoms with Crippen LogP contribution in [-0.2, 0) is 12.0 Å². The molecule has 0 radical (unpaired) electrons. The monoisotopic (exact) mass is 280 g/mol. The van der Waals surface area contributed by atoms with Gasteiger partial charge in [-0.25, -0.2) is 9.37 Å². The first-order valence-electron chi connectivity index (χ1n) is 5.99. The van der Waals surface area contributed by atoms with Gasteiger partial charge in [0.2, 0.25) is 0 Å². The number of aromatic nitrogens is 1. The predicted octanol–water partition coefficient (Wildman–Crippen LogP) is 3.74. The zero-order valence-electron chi connectivity index (χ0n) is 11.2. The summed E-state index contributed by atoms with van der Waals surface area (Å²) in [6, 6.07) is 4.43. The lowest BCUT2D eigenvalue weighted by molar-refractivity contribution is 0.303.